The van der Waals surface area contributed by atoms with E-state index in [1.165, 1.54) is 57.8 Å². The minimum absolute atomic E-state index is 0. The zero-order chi connectivity index (χ0) is 18.2. The summed E-state index contributed by atoms with van der Waals surface area (Å²) in [6.45, 7) is 2.72. The topological polar surface area (TPSA) is 56.7 Å². The maximum Gasteiger partial charge on any atom is 0.225 e. The van der Waals surface area contributed by atoms with Gasteiger partial charge in [-0.15, -0.1) is 24.0 Å². The molecule has 2 aliphatic carbocycles. The van der Waals surface area contributed by atoms with E-state index < -0.39 is 0 Å². The lowest BCUT2D eigenvalue weighted by atomic mass is 10.0. The molecule has 2 N–H and O–H groups in total. The molecule has 0 aromatic carbocycles. The standard InChI is InChI=1S/C21H38N4O.HI/c1-22-21(23-14-7-6-10-17-8-2-3-9-17)24-19-13-15-25(16-19)20(26)18-11-4-5-12-18;/h17-19H,2-16H2,1H3,(H2,22,23,24);1H. The minimum atomic E-state index is 0. The molecule has 3 aliphatic rings. The van der Waals surface area contributed by atoms with Gasteiger partial charge in [0.25, 0.3) is 0 Å². The third-order valence-electron chi connectivity index (χ3n) is 6.58. The van der Waals surface area contributed by atoms with Gasteiger partial charge in [-0.05, 0) is 31.6 Å². The molecular formula is C21H39IN4O. The predicted molar refractivity (Wildman–Crippen MR) is 123 cm³/mol. The van der Waals surface area contributed by atoms with Gasteiger partial charge in [-0.2, -0.15) is 0 Å². The highest BCUT2D eigenvalue weighted by Gasteiger charge is 2.32. The maximum absolute atomic E-state index is 12.6. The quantitative estimate of drug-likeness (QED) is 0.246. The third kappa shape index (κ3) is 7.09. The van der Waals surface area contributed by atoms with Crippen molar-refractivity contribution in [3.8, 4) is 0 Å². The Morgan fingerprint density at radius 1 is 1.04 bits per heavy atom. The normalized spacial score (nSPS) is 24.3. The molecule has 3 fully saturated rings. The Kier molecular flexibility index (Phi) is 10.2. The van der Waals surface area contributed by atoms with Crippen LogP contribution in [0.4, 0.5) is 0 Å². The number of rotatable bonds is 7. The number of guanidine groups is 1. The van der Waals surface area contributed by atoms with Crippen LogP contribution in [-0.2, 0) is 4.79 Å². The molecule has 0 aromatic heterocycles. The molecule has 1 heterocycles. The highest BCUT2D eigenvalue weighted by Crippen LogP contribution is 2.29. The molecule has 0 aromatic rings. The van der Waals surface area contributed by atoms with Gasteiger partial charge >= 0.3 is 0 Å². The van der Waals surface area contributed by atoms with Crippen LogP contribution in [0.5, 0.6) is 0 Å². The number of unbranched alkanes of at least 4 members (excludes halogenated alkanes) is 1. The van der Waals surface area contributed by atoms with E-state index in [-0.39, 0.29) is 24.0 Å². The van der Waals surface area contributed by atoms with Crippen molar-refractivity contribution in [1.82, 2.24) is 15.5 Å². The lowest BCUT2D eigenvalue weighted by Crippen LogP contribution is -2.45. The Morgan fingerprint density at radius 2 is 1.74 bits per heavy atom. The molecule has 156 valence electrons. The molecule has 0 radical (unpaired) electrons. The second-order valence-electron chi connectivity index (χ2n) is 8.54. The highest BCUT2D eigenvalue weighted by atomic mass is 127. The van der Waals surface area contributed by atoms with E-state index in [4.69, 9.17) is 0 Å². The molecule has 1 amide bonds. The first kappa shape index (κ1) is 22.8. The van der Waals surface area contributed by atoms with Gasteiger partial charge in [0, 0.05) is 38.6 Å². The largest absolute Gasteiger partial charge is 0.356 e. The van der Waals surface area contributed by atoms with Crippen LogP contribution in [0, 0.1) is 11.8 Å². The van der Waals surface area contributed by atoms with E-state index in [1.54, 1.807) is 0 Å². The summed E-state index contributed by atoms with van der Waals surface area (Å²) in [7, 11) is 1.84. The summed E-state index contributed by atoms with van der Waals surface area (Å²) < 4.78 is 0. The van der Waals surface area contributed by atoms with Crippen LogP contribution in [0.3, 0.4) is 0 Å². The highest BCUT2D eigenvalue weighted by molar-refractivity contribution is 14.0. The van der Waals surface area contributed by atoms with E-state index in [1.807, 2.05) is 7.05 Å². The van der Waals surface area contributed by atoms with Gasteiger partial charge in [0.05, 0.1) is 0 Å². The van der Waals surface area contributed by atoms with Crippen molar-refractivity contribution >= 4 is 35.8 Å². The van der Waals surface area contributed by atoms with Crippen molar-refractivity contribution in [3.63, 3.8) is 0 Å². The molecule has 1 atom stereocenters. The summed E-state index contributed by atoms with van der Waals surface area (Å²) in [6.07, 6.45) is 15.4. The maximum atomic E-state index is 12.6. The van der Waals surface area contributed by atoms with Crippen LogP contribution in [0.25, 0.3) is 0 Å². The number of carbonyl (C=O) groups excluding carboxylic acids is 1. The number of amides is 1. The molecular weight excluding hydrogens is 451 g/mol. The van der Waals surface area contributed by atoms with Crippen LogP contribution in [0.2, 0.25) is 0 Å². The second kappa shape index (κ2) is 12.1. The van der Waals surface area contributed by atoms with Crippen LogP contribution in [-0.4, -0.2) is 49.5 Å². The van der Waals surface area contributed by atoms with E-state index in [0.717, 1.165) is 50.8 Å². The first-order valence-electron chi connectivity index (χ1n) is 11.0. The fraction of sp³-hybridized carbons (Fsp3) is 0.905. The van der Waals surface area contributed by atoms with Crippen LogP contribution in [0.1, 0.15) is 77.0 Å². The molecule has 3 rings (SSSR count). The summed E-state index contributed by atoms with van der Waals surface area (Å²) in [5.74, 6) is 2.58. The number of hydrogen-bond donors (Lipinski definition) is 2. The Bertz CT molecular complexity index is 473. The zero-order valence-electron chi connectivity index (χ0n) is 17.0. The zero-order valence-corrected chi connectivity index (χ0v) is 19.4. The number of aliphatic imine (C=N–C) groups is 1. The van der Waals surface area contributed by atoms with Crippen molar-refractivity contribution in [2.45, 2.75) is 83.1 Å². The molecule has 6 heteroatoms. The van der Waals surface area contributed by atoms with Crippen LogP contribution in [0.15, 0.2) is 4.99 Å². The Labute approximate surface area is 182 Å². The molecule has 27 heavy (non-hydrogen) atoms. The number of likely N-dealkylation sites (tertiary alicyclic amines) is 1. The summed E-state index contributed by atoms with van der Waals surface area (Å²) in [4.78, 5) is 19.0. The lowest BCUT2D eigenvalue weighted by Gasteiger charge is -2.21. The van der Waals surface area contributed by atoms with E-state index >= 15 is 0 Å². The lowest BCUT2D eigenvalue weighted by molar-refractivity contribution is -0.134. The SMILES string of the molecule is CN=C(NCCCCC1CCCC1)NC1CCN(C(=O)C2CCCC2)C1.I. The molecule has 2 saturated carbocycles. The second-order valence-corrected chi connectivity index (χ2v) is 8.54. The van der Waals surface area contributed by atoms with Gasteiger partial charge in [-0.25, -0.2) is 0 Å². The van der Waals surface area contributed by atoms with Crippen molar-refractivity contribution in [2.24, 2.45) is 16.8 Å². The molecule has 0 bridgehead atoms. The Hall–Kier alpha value is -0.530. The van der Waals surface area contributed by atoms with Gasteiger partial charge in [0.1, 0.15) is 0 Å². The van der Waals surface area contributed by atoms with Gasteiger partial charge < -0.3 is 15.5 Å². The fourth-order valence-electron chi connectivity index (χ4n) is 4.96. The smallest absolute Gasteiger partial charge is 0.225 e. The molecule has 5 nitrogen and oxygen atoms in total. The number of carbonyl (C=O) groups is 1. The first-order chi connectivity index (χ1) is 12.8. The Balaban J connectivity index is 0.00000261. The summed E-state index contributed by atoms with van der Waals surface area (Å²) >= 11 is 0. The first-order valence-corrected chi connectivity index (χ1v) is 11.0. The van der Waals surface area contributed by atoms with Crippen molar-refractivity contribution in [2.75, 3.05) is 26.7 Å². The fourth-order valence-corrected chi connectivity index (χ4v) is 4.96. The average Bonchev–Trinajstić information content (AvgIpc) is 3.42. The van der Waals surface area contributed by atoms with E-state index in [2.05, 4.69) is 20.5 Å². The monoisotopic (exact) mass is 490 g/mol. The van der Waals surface area contributed by atoms with Gasteiger partial charge in [0.15, 0.2) is 5.96 Å². The van der Waals surface area contributed by atoms with E-state index in [9.17, 15) is 4.79 Å². The van der Waals surface area contributed by atoms with E-state index in [0.29, 0.717) is 17.9 Å². The third-order valence-corrected chi connectivity index (χ3v) is 6.58. The van der Waals surface area contributed by atoms with Gasteiger partial charge in [0.2, 0.25) is 5.91 Å². The minimum Gasteiger partial charge on any atom is -0.356 e. The van der Waals surface area contributed by atoms with Crippen molar-refractivity contribution in [3.05, 3.63) is 0 Å². The molecule has 1 unspecified atom stereocenters. The summed E-state index contributed by atoms with van der Waals surface area (Å²) in [5, 5.41) is 6.97. The van der Waals surface area contributed by atoms with Crippen LogP contribution < -0.4 is 10.6 Å². The van der Waals surface area contributed by atoms with Gasteiger partial charge in [-0.3, -0.25) is 9.79 Å². The molecule has 1 aliphatic heterocycles. The molecule has 0 spiro atoms. The van der Waals surface area contributed by atoms with Crippen molar-refractivity contribution in [1.29, 1.82) is 0 Å². The van der Waals surface area contributed by atoms with Crippen LogP contribution >= 0.6 is 24.0 Å². The molecule has 1 saturated heterocycles. The number of nitrogens with one attached hydrogen (secondary N) is 2. The van der Waals surface area contributed by atoms with Crippen molar-refractivity contribution < 1.29 is 4.79 Å². The number of halogens is 1. The summed E-state index contributed by atoms with van der Waals surface area (Å²) in [5.41, 5.74) is 0. The number of nitrogens with zero attached hydrogens (tertiary/aromatic N) is 2. The number of hydrogen-bond acceptors (Lipinski definition) is 2. The van der Waals surface area contributed by atoms with Gasteiger partial charge in [-0.1, -0.05) is 51.4 Å². The Morgan fingerprint density at radius 3 is 2.44 bits per heavy atom. The predicted octanol–water partition coefficient (Wildman–Crippen LogP) is 3.92. The average molecular weight is 490 g/mol. The summed E-state index contributed by atoms with van der Waals surface area (Å²) in [6, 6.07) is 0.338.